The van der Waals surface area contributed by atoms with Crippen molar-refractivity contribution >= 4 is 11.3 Å². The second-order valence-corrected chi connectivity index (χ2v) is 7.09. The highest BCUT2D eigenvalue weighted by atomic mass is 32.1. The van der Waals surface area contributed by atoms with Crippen molar-refractivity contribution in [3.05, 3.63) is 22.4 Å². The van der Waals surface area contributed by atoms with Crippen molar-refractivity contribution in [2.45, 2.75) is 45.1 Å². The average molecular weight is 280 g/mol. The zero-order valence-corrected chi connectivity index (χ0v) is 13.2. The van der Waals surface area contributed by atoms with Gasteiger partial charge in [-0.1, -0.05) is 25.8 Å². The Bertz CT molecular complexity index is 337. The Morgan fingerprint density at radius 3 is 3.00 bits per heavy atom. The molecule has 0 spiro atoms. The Kier molecular flexibility index (Phi) is 6.35. The van der Waals surface area contributed by atoms with Gasteiger partial charge >= 0.3 is 0 Å². The summed E-state index contributed by atoms with van der Waals surface area (Å²) in [4.78, 5) is 3.94. The van der Waals surface area contributed by atoms with Crippen LogP contribution in [0.2, 0.25) is 0 Å². The number of rotatable bonds is 7. The van der Waals surface area contributed by atoms with Crippen LogP contribution < -0.4 is 5.32 Å². The molecular formula is C16H28N2S. The lowest BCUT2D eigenvalue weighted by molar-refractivity contribution is 0.279. The number of thiophene rings is 1. The largest absolute Gasteiger partial charge is 0.313 e. The quantitative estimate of drug-likeness (QED) is 0.823. The predicted octanol–water partition coefficient (Wildman–Crippen LogP) is 3.39. The van der Waals surface area contributed by atoms with Gasteiger partial charge < -0.3 is 10.2 Å². The molecule has 3 heteroatoms. The molecule has 0 aromatic carbocycles. The van der Waals surface area contributed by atoms with Gasteiger partial charge in [-0.05, 0) is 43.7 Å². The summed E-state index contributed by atoms with van der Waals surface area (Å²) >= 11 is 1.87. The van der Waals surface area contributed by atoms with E-state index in [-0.39, 0.29) is 0 Å². The van der Waals surface area contributed by atoms with Crippen LogP contribution in [0, 0.1) is 5.92 Å². The van der Waals surface area contributed by atoms with Gasteiger partial charge in [0.1, 0.15) is 0 Å². The molecule has 108 valence electrons. The van der Waals surface area contributed by atoms with Gasteiger partial charge in [0.15, 0.2) is 0 Å². The monoisotopic (exact) mass is 280 g/mol. The third-order valence-corrected chi connectivity index (χ3v) is 5.12. The summed E-state index contributed by atoms with van der Waals surface area (Å²) in [6.45, 7) is 5.86. The van der Waals surface area contributed by atoms with Gasteiger partial charge in [0.2, 0.25) is 0 Å². The summed E-state index contributed by atoms with van der Waals surface area (Å²) in [6, 6.07) is 5.15. The summed E-state index contributed by atoms with van der Waals surface area (Å²) in [5.41, 5.74) is 0. The Balaban J connectivity index is 1.54. The highest BCUT2D eigenvalue weighted by molar-refractivity contribution is 7.09. The van der Waals surface area contributed by atoms with Crippen molar-refractivity contribution in [3.8, 4) is 0 Å². The van der Waals surface area contributed by atoms with Crippen LogP contribution in [-0.4, -0.2) is 37.6 Å². The van der Waals surface area contributed by atoms with E-state index in [0.717, 1.165) is 25.0 Å². The first-order chi connectivity index (χ1) is 9.24. The molecule has 0 saturated heterocycles. The molecule has 1 aromatic rings. The molecule has 1 saturated carbocycles. The maximum atomic E-state index is 3.74. The maximum Gasteiger partial charge on any atom is 0.0104 e. The second-order valence-electron chi connectivity index (χ2n) is 6.06. The van der Waals surface area contributed by atoms with Crippen LogP contribution in [0.25, 0.3) is 0 Å². The summed E-state index contributed by atoms with van der Waals surface area (Å²) in [5, 5.41) is 5.90. The summed E-state index contributed by atoms with van der Waals surface area (Å²) in [7, 11) is 2.23. The second kappa shape index (κ2) is 8.03. The number of likely N-dealkylation sites (N-methyl/N-ethyl adjacent to an activating group) is 1. The van der Waals surface area contributed by atoms with E-state index >= 15 is 0 Å². The molecule has 1 aliphatic rings. The van der Waals surface area contributed by atoms with Crippen LogP contribution in [0.15, 0.2) is 17.5 Å². The van der Waals surface area contributed by atoms with Crippen molar-refractivity contribution in [1.82, 2.24) is 10.2 Å². The number of nitrogens with one attached hydrogen (secondary N) is 1. The first-order valence-electron chi connectivity index (χ1n) is 7.68. The molecule has 1 aromatic heterocycles. The average Bonchev–Trinajstić information content (AvgIpc) is 2.89. The molecule has 0 amide bonds. The lowest BCUT2D eigenvalue weighted by Gasteiger charge is -2.28. The summed E-state index contributed by atoms with van der Waals surface area (Å²) in [5.74, 6) is 0.919. The standard InChI is InChI=1S/C16H28N2S/c1-14-5-3-6-15(13-14)17-9-11-18(2)10-8-16-7-4-12-19-16/h4,7,12,14-15,17H,3,5-6,8-11,13H2,1-2H3. The third kappa shape index (κ3) is 5.64. The Hall–Kier alpha value is -0.380. The number of hydrogen-bond donors (Lipinski definition) is 1. The predicted molar refractivity (Wildman–Crippen MR) is 84.9 cm³/mol. The zero-order valence-electron chi connectivity index (χ0n) is 12.4. The highest BCUT2D eigenvalue weighted by Gasteiger charge is 2.17. The van der Waals surface area contributed by atoms with Gasteiger partial charge in [0.05, 0.1) is 0 Å². The fourth-order valence-corrected chi connectivity index (χ4v) is 3.64. The van der Waals surface area contributed by atoms with Crippen LogP contribution in [0.5, 0.6) is 0 Å². The molecular weight excluding hydrogens is 252 g/mol. The Morgan fingerprint density at radius 2 is 2.26 bits per heavy atom. The van der Waals surface area contributed by atoms with Crippen molar-refractivity contribution in [1.29, 1.82) is 0 Å². The van der Waals surface area contributed by atoms with Gasteiger partial charge in [-0.25, -0.2) is 0 Å². The van der Waals surface area contributed by atoms with Gasteiger partial charge in [-0.2, -0.15) is 0 Å². The van der Waals surface area contributed by atoms with E-state index in [0.29, 0.717) is 0 Å². The van der Waals surface area contributed by atoms with Crippen molar-refractivity contribution in [2.24, 2.45) is 5.92 Å². The van der Waals surface area contributed by atoms with Gasteiger partial charge in [-0.15, -0.1) is 11.3 Å². The summed E-state index contributed by atoms with van der Waals surface area (Å²) in [6.07, 6.45) is 6.78. The van der Waals surface area contributed by atoms with Crippen LogP contribution in [0.1, 0.15) is 37.5 Å². The van der Waals surface area contributed by atoms with Crippen molar-refractivity contribution < 1.29 is 0 Å². The Morgan fingerprint density at radius 1 is 1.37 bits per heavy atom. The van der Waals surface area contributed by atoms with E-state index in [1.165, 1.54) is 43.5 Å². The first kappa shape index (κ1) is 15.0. The molecule has 1 heterocycles. The van der Waals surface area contributed by atoms with E-state index in [1.807, 2.05) is 11.3 Å². The third-order valence-electron chi connectivity index (χ3n) is 4.18. The molecule has 19 heavy (non-hydrogen) atoms. The fraction of sp³-hybridized carbons (Fsp3) is 0.750. The first-order valence-corrected chi connectivity index (χ1v) is 8.56. The molecule has 2 atom stereocenters. The van der Waals surface area contributed by atoms with Gasteiger partial charge in [0, 0.05) is 30.6 Å². The van der Waals surface area contributed by atoms with Crippen LogP contribution >= 0.6 is 11.3 Å². The number of hydrogen-bond acceptors (Lipinski definition) is 3. The van der Waals surface area contributed by atoms with E-state index in [2.05, 4.69) is 41.7 Å². The zero-order chi connectivity index (χ0) is 13.5. The molecule has 1 aliphatic carbocycles. The van der Waals surface area contributed by atoms with Crippen molar-refractivity contribution in [2.75, 3.05) is 26.7 Å². The molecule has 2 unspecified atom stereocenters. The van der Waals surface area contributed by atoms with Crippen LogP contribution in [0.4, 0.5) is 0 Å². The topological polar surface area (TPSA) is 15.3 Å². The Labute approximate surface area is 122 Å². The lowest BCUT2D eigenvalue weighted by Crippen LogP contribution is -2.38. The van der Waals surface area contributed by atoms with E-state index in [9.17, 15) is 0 Å². The fourth-order valence-electron chi connectivity index (χ4n) is 2.95. The molecule has 0 aliphatic heterocycles. The minimum Gasteiger partial charge on any atom is -0.313 e. The maximum absolute atomic E-state index is 3.74. The highest BCUT2D eigenvalue weighted by Crippen LogP contribution is 2.23. The molecule has 2 rings (SSSR count). The van der Waals surface area contributed by atoms with Gasteiger partial charge in [0.25, 0.3) is 0 Å². The normalized spacial score (nSPS) is 23.9. The molecule has 2 nitrogen and oxygen atoms in total. The van der Waals surface area contributed by atoms with Crippen LogP contribution in [0.3, 0.4) is 0 Å². The molecule has 0 radical (unpaired) electrons. The van der Waals surface area contributed by atoms with Crippen molar-refractivity contribution in [3.63, 3.8) is 0 Å². The van der Waals surface area contributed by atoms with E-state index in [1.54, 1.807) is 0 Å². The smallest absolute Gasteiger partial charge is 0.0104 e. The minimum atomic E-state index is 0.773. The SMILES string of the molecule is CC1CCCC(NCCN(C)CCc2cccs2)C1. The number of nitrogens with zero attached hydrogens (tertiary/aromatic N) is 1. The van der Waals surface area contributed by atoms with E-state index < -0.39 is 0 Å². The van der Waals surface area contributed by atoms with E-state index in [4.69, 9.17) is 0 Å². The molecule has 1 fully saturated rings. The van der Waals surface area contributed by atoms with Crippen LogP contribution in [-0.2, 0) is 6.42 Å². The van der Waals surface area contributed by atoms with Gasteiger partial charge in [-0.3, -0.25) is 0 Å². The molecule has 1 N–H and O–H groups in total. The summed E-state index contributed by atoms with van der Waals surface area (Å²) < 4.78 is 0. The molecule has 0 bridgehead atoms. The lowest BCUT2D eigenvalue weighted by atomic mass is 9.87. The minimum absolute atomic E-state index is 0.773.